The predicted octanol–water partition coefficient (Wildman–Crippen LogP) is 3.51. The van der Waals surface area contributed by atoms with Crippen LogP contribution in [0.5, 0.6) is 0 Å². The highest BCUT2D eigenvalue weighted by Crippen LogP contribution is 2.61. The summed E-state index contributed by atoms with van der Waals surface area (Å²) >= 11 is 0. The normalized spacial score (nSPS) is 33.9. The zero-order valence-electron chi connectivity index (χ0n) is 12.1. The SMILES string of the molecule is CC(C)(C)[Si](C)(C)OCC[C@]1(C)C[C@@]1(F)CO. The molecule has 0 aromatic rings. The molecule has 0 aromatic carbocycles. The fourth-order valence-corrected chi connectivity index (χ4v) is 2.93. The molecule has 1 fully saturated rings. The molecule has 1 aliphatic rings. The number of hydrogen-bond acceptors (Lipinski definition) is 2. The molecule has 102 valence electrons. The first kappa shape index (κ1) is 15.1. The first-order chi connectivity index (χ1) is 7.47. The Bertz CT molecular complexity index is 288. The van der Waals surface area contributed by atoms with Crippen LogP contribution in [0.2, 0.25) is 18.1 Å². The molecule has 1 N–H and O–H groups in total. The number of aliphatic hydroxyl groups excluding tert-OH is 1. The second kappa shape index (κ2) is 4.32. The summed E-state index contributed by atoms with van der Waals surface area (Å²) in [7, 11) is -1.72. The van der Waals surface area contributed by atoms with Gasteiger partial charge in [0.05, 0.1) is 6.61 Å². The third-order valence-corrected chi connectivity index (χ3v) is 9.34. The molecule has 2 nitrogen and oxygen atoms in total. The zero-order chi connectivity index (χ0) is 13.5. The molecular weight excluding hydrogens is 235 g/mol. The van der Waals surface area contributed by atoms with Crippen LogP contribution in [0.4, 0.5) is 4.39 Å². The number of hydrogen-bond donors (Lipinski definition) is 1. The minimum absolute atomic E-state index is 0.196. The van der Waals surface area contributed by atoms with Crippen molar-refractivity contribution < 1.29 is 13.9 Å². The van der Waals surface area contributed by atoms with Gasteiger partial charge in [-0.1, -0.05) is 27.7 Å². The van der Waals surface area contributed by atoms with Gasteiger partial charge in [-0.15, -0.1) is 0 Å². The highest BCUT2D eigenvalue weighted by Gasteiger charge is 2.65. The lowest BCUT2D eigenvalue weighted by Crippen LogP contribution is -2.41. The second-order valence-electron chi connectivity index (χ2n) is 7.22. The van der Waals surface area contributed by atoms with E-state index in [1.165, 1.54) is 0 Å². The molecule has 0 spiro atoms. The topological polar surface area (TPSA) is 29.5 Å². The van der Waals surface area contributed by atoms with Crippen molar-refractivity contribution in [3.05, 3.63) is 0 Å². The lowest BCUT2D eigenvalue weighted by Gasteiger charge is -2.36. The van der Waals surface area contributed by atoms with Gasteiger partial charge in [0, 0.05) is 12.0 Å². The minimum Gasteiger partial charge on any atom is -0.417 e. The fraction of sp³-hybridized carbons (Fsp3) is 1.00. The lowest BCUT2D eigenvalue weighted by atomic mass is 10.0. The van der Waals surface area contributed by atoms with Gasteiger partial charge in [0.1, 0.15) is 5.67 Å². The molecule has 1 rings (SSSR count). The van der Waals surface area contributed by atoms with Gasteiger partial charge in [-0.05, 0) is 31.0 Å². The van der Waals surface area contributed by atoms with Crippen molar-refractivity contribution in [1.29, 1.82) is 0 Å². The van der Waals surface area contributed by atoms with Crippen LogP contribution in [0, 0.1) is 5.41 Å². The van der Waals surface area contributed by atoms with E-state index in [1.807, 2.05) is 6.92 Å². The first-order valence-corrected chi connectivity index (χ1v) is 9.32. The Balaban J connectivity index is 2.40. The van der Waals surface area contributed by atoms with Gasteiger partial charge in [0.2, 0.25) is 0 Å². The van der Waals surface area contributed by atoms with Crippen molar-refractivity contribution in [2.75, 3.05) is 13.2 Å². The summed E-state index contributed by atoms with van der Waals surface area (Å²) in [5.41, 5.74) is -1.73. The molecule has 0 heterocycles. The Labute approximate surface area is 106 Å². The van der Waals surface area contributed by atoms with Crippen LogP contribution in [0.25, 0.3) is 0 Å². The molecule has 0 amide bonds. The summed E-state index contributed by atoms with van der Waals surface area (Å²) in [6.07, 6.45) is 1.17. The molecule has 2 atom stereocenters. The van der Waals surface area contributed by atoms with Gasteiger partial charge in [0.25, 0.3) is 0 Å². The van der Waals surface area contributed by atoms with Gasteiger partial charge in [-0.2, -0.15) is 0 Å². The van der Waals surface area contributed by atoms with Crippen molar-refractivity contribution in [2.24, 2.45) is 5.41 Å². The summed E-state index contributed by atoms with van der Waals surface area (Å²) in [5.74, 6) is 0. The van der Waals surface area contributed by atoms with Crippen LogP contribution >= 0.6 is 0 Å². The minimum atomic E-state index is -1.72. The first-order valence-electron chi connectivity index (χ1n) is 6.41. The molecule has 0 saturated heterocycles. The maximum Gasteiger partial charge on any atom is 0.191 e. The molecule has 4 heteroatoms. The van der Waals surface area contributed by atoms with Crippen molar-refractivity contribution in [2.45, 2.75) is 64.3 Å². The summed E-state index contributed by atoms with van der Waals surface area (Å²) in [5, 5.41) is 9.18. The Morgan fingerprint density at radius 1 is 1.35 bits per heavy atom. The third-order valence-electron chi connectivity index (χ3n) is 4.80. The van der Waals surface area contributed by atoms with Crippen LogP contribution in [0.3, 0.4) is 0 Å². The van der Waals surface area contributed by atoms with Gasteiger partial charge >= 0.3 is 0 Å². The van der Waals surface area contributed by atoms with Gasteiger partial charge in [-0.25, -0.2) is 4.39 Å². The molecule has 0 bridgehead atoms. The maximum atomic E-state index is 13.8. The van der Waals surface area contributed by atoms with Gasteiger partial charge in [0.15, 0.2) is 8.32 Å². The van der Waals surface area contributed by atoms with Crippen LogP contribution in [-0.2, 0) is 4.43 Å². The van der Waals surface area contributed by atoms with Crippen LogP contribution in [0.1, 0.15) is 40.5 Å². The third kappa shape index (κ3) is 2.91. The highest BCUT2D eigenvalue weighted by atomic mass is 28.4. The number of aliphatic hydroxyl groups is 1. The van der Waals surface area contributed by atoms with Gasteiger partial charge < -0.3 is 9.53 Å². The van der Waals surface area contributed by atoms with E-state index in [-0.39, 0.29) is 17.1 Å². The van der Waals surface area contributed by atoms with E-state index in [4.69, 9.17) is 9.53 Å². The molecule has 0 aliphatic heterocycles. The van der Waals surface area contributed by atoms with E-state index >= 15 is 0 Å². The molecule has 1 saturated carbocycles. The monoisotopic (exact) mass is 262 g/mol. The quantitative estimate of drug-likeness (QED) is 0.768. The van der Waals surface area contributed by atoms with E-state index in [1.54, 1.807) is 0 Å². The van der Waals surface area contributed by atoms with Crippen LogP contribution in [0.15, 0.2) is 0 Å². The van der Waals surface area contributed by atoms with Crippen LogP contribution in [-0.4, -0.2) is 32.3 Å². The van der Waals surface area contributed by atoms with E-state index in [0.717, 1.165) is 0 Å². The largest absolute Gasteiger partial charge is 0.417 e. The van der Waals surface area contributed by atoms with E-state index in [2.05, 4.69) is 33.9 Å². The maximum absolute atomic E-state index is 13.8. The number of rotatable bonds is 5. The molecule has 0 aromatic heterocycles. The van der Waals surface area contributed by atoms with Crippen molar-refractivity contribution in [3.8, 4) is 0 Å². The highest BCUT2D eigenvalue weighted by molar-refractivity contribution is 6.74. The Kier molecular flexibility index (Phi) is 3.84. The zero-order valence-corrected chi connectivity index (χ0v) is 13.1. The Morgan fingerprint density at radius 3 is 2.24 bits per heavy atom. The molecule has 17 heavy (non-hydrogen) atoms. The number of alkyl halides is 1. The standard InChI is InChI=1S/C13H27FO2Si/c1-11(2,3)17(5,6)16-8-7-12(4)9-13(12,14)10-15/h15H,7-10H2,1-6H3/t12-,13-/m1/s1. The summed E-state index contributed by atoms with van der Waals surface area (Å²) < 4.78 is 19.9. The predicted molar refractivity (Wildman–Crippen MR) is 71.4 cm³/mol. The van der Waals surface area contributed by atoms with Crippen molar-refractivity contribution in [1.82, 2.24) is 0 Å². The number of halogens is 1. The average molecular weight is 262 g/mol. The Morgan fingerprint density at radius 2 is 1.88 bits per heavy atom. The van der Waals surface area contributed by atoms with E-state index < -0.39 is 14.0 Å². The van der Waals surface area contributed by atoms with Crippen molar-refractivity contribution >= 4 is 8.32 Å². The molecule has 1 aliphatic carbocycles. The van der Waals surface area contributed by atoms with Gasteiger partial charge in [-0.3, -0.25) is 0 Å². The summed E-state index contributed by atoms with van der Waals surface area (Å²) in [6.45, 7) is 13.2. The average Bonchev–Trinajstić information content (AvgIpc) is 2.68. The summed E-state index contributed by atoms with van der Waals surface area (Å²) in [6, 6.07) is 0. The molecule has 0 radical (unpaired) electrons. The smallest absolute Gasteiger partial charge is 0.191 e. The molecule has 0 unspecified atom stereocenters. The molecular formula is C13H27FO2Si. The lowest BCUT2D eigenvalue weighted by molar-refractivity contribution is 0.112. The Hall–Kier alpha value is 0.0669. The van der Waals surface area contributed by atoms with E-state index in [9.17, 15) is 4.39 Å². The second-order valence-corrected chi connectivity index (χ2v) is 12.0. The summed E-state index contributed by atoms with van der Waals surface area (Å²) in [4.78, 5) is 0. The van der Waals surface area contributed by atoms with Crippen LogP contribution < -0.4 is 0 Å². The van der Waals surface area contributed by atoms with Crippen molar-refractivity contribution in [3.63, 3.8) is 0 Å². The fourth-order valence-electron chi connectivity index (χ4n) is 1.88. The van der Waals surface area contributed by atoms with E-state index in [0.29, 0.717) is 19.4 Å².